The van der Waals surface area contributed by atoms with E-state index in [-0.39, 0.29) is 52.2 Å². The molecule has 0 aliphatic carbocycles. The molecular formula is C53H102N6O13. The van der Waals surface area contributed by atoms with Crippen molar-refractivity contribution in [3.05, 3.63) is 0 Å². The lowest BCUT2D eigenvalue weighted by Crippen LogP contribution is -2.65. The Morgan fingerprint density at radius 2 is 0.944 bits per heavy atom. The van der Waals surface area contributed by atoms with Crippen LogP contribution in [0.25, 0.3) is 0 Å². The average Bonchev–Trinajstić information content (AvgIpc) is 3.16. The molecule has 0 bridgehead atoms. The Balaban J connectivity index is 7.84. The van der Waals surface area contributed by atoms with Crippen molar-refractivity contribution in [2.24, 2.45) is 11.7 Å². The summed E-state index contributed by atoms with van der Waals surface area (Å²) in [4.78, 5) is 86.4. The van der Waals surface area contributed by atoms with Gasteiger partial charge in [-0.2, -0.15) is 0 Å². The van der Waals surface area contributed by atoms with Crippen LogP contribution in [0.1, 0.15) is 208 Å². The maximum atomic E-state index is 15.5. The van der Waals surface area contributed by atoms with Crippen LogP contribution >= 0.6 is 0 Å². The van der Waals surface area contributed by atoms with Gasteiger partial charge in [-0.3, -0.25) is 4.90 Å². The molecule has 0 spiro atoms. The molecule has 0 aromatic carbocycles. The van der Waals surface area contributed by atoms with Gasteiger partial charge in [0.05, 0.1) is 0 Å². The number of amides is 5. The van der Waals surface area contributed by atoms with E-state index < -0.39 is 87.5 Å². The fourth-order valence-corrected chi connectivity index (χ4v) is 7.69. The Morgan fingerprint density at radius 1 is 0.486 bits per heavy atom. The lowest BCUT2D eigenvalue weighted by Gasteiger charge is -2.49. The van der Waals surface area contributed by atoms with Gasteiger partial charge in [0.25, 0.3) is 0 Å². The highest BCUT2D eigenvalue weighted by atomic mass is 16.6. The molecule has 0 aliphatic heterocycles. The van der Waals surface area contributed by atoms with Crippen LogP contribution in [0, 0.1) is 5.92 Å². The molecule has 3 unspecified atom stereocenters. The molecule has 0 aliphatic rings. The molecule has 0 rings (SSSR count). The maximum absolute atomic E-state index is 15.5. The summed E-state index contributed by atoms with van der Waals surface area (Å²) in [5, 5.41) is 18.2. The van der Waals surface area contributed by atoms with Gasteiger partial charge in [0, 0.05) is 51.3 Å². The minimum absolute atomic E-state index is 0.0184. The summed E-state index contributed by atoms with van der Waals surface area (Å²) in [7, 11) is 0. The molecule has 19 heteroatoms. The average molecular weight is 1030 g/mol. The number of carbonyl (C=O) groups is 6. The van der Waals surface area contributed by atoms with Crippen molar-refractivity contribution < 1.29 is 62.3 Å². The second kappa shape index (κ2) is 30.8. The first-order valence-electron chi connectivity index (χ1n) is 26.3. The molecule has 0 aromatic rings. The zero-order valence-electron chi connectivity index (χ0n) is 48.1. The summed E-state index contributed by atoms with van der Waals surface area (Å²) < 4.78 is 35.0. The topological polar surface area (TPSA) is 247 Å². The first-order valence-corrected chi connectivity index (χ1v) is 26.3. The molecule has 0 fully saturated rings. The van der Waals surface area contributed by atoms with Gasteiger partial charge in [0.15, 0.2) is 0 Å². The largest absolute Gasteiger partial charge is 0.458 e. The van der Waals surface area contributed by atoms with Gasteiger partial charge in [0.1, 0.15) is 39.1 Å². The van der Waals surface area contributed by atoms with E-state index in [0.29, 0.717) is 77.2 Å². The first-order chi connectivity index (χ1) is 32.8. The van der Waals surface area contributed by atoms with Crippen molar-refractivity contribution in [1.29, 1.82) is 0 Å². The summed E-state index contributed by atoms with van der Waals surface area (Å²) in [6, 6.07) is -0.433. The number of unbranched alkanes of at least 4 members (excludes halogenated alkanes) is 4. The van der Waals surface area contributed by atoms with E-state index in [4.69, 9.17) is 34.2 Å². The first kappa shape index (κ1) is 67.7. The molecule has 0 radical (unpaired) electrons. The van der Waals surface area contributed by atoms with Gasteiger partial charge >= 0.3 is 36.4 Å². The summed E-state index contributed by atoms with van der Waals surface area (Å²) in [6.07, 6.45) is 2.55. The minimum atomic E-state index is -1.75. The van der Waals surface area contributed by atoms with E-state index >= 15 is 4.79 Å². The van der Waals surface area contributed by atoms with E-state index in [1.165, 1.54) is 4.90 Å². The predicted octanol–water partition coefficient (Wildman–Crippen LogP) is 10.1. The van der Waals surface area contributed by atoms with Gasteiger partial charge in [0.2, 0.25) is 0 Å². The zero-order valence-corrected chi connectivity index (χ0v) is 48.1. The Hall–Kier alpha value is -4.26. The van der Waals surface area contributed by atoms with E-state index in [0.717, 1.165) is 0 Å². The number of aliphatic hydroxyl groups excluding tert-OH is 1. The van der Waals surface area contributed by atoms with Crippen molar-refractivity contribution in [3.63, 3.8) is 0 Å². The fourth-order valence-electron chi connectivity index (χ4n) is 7.69. The Kier molecular flexibility index (Phi) is 29.0. The van der Waals surface area contributed by atoms with Crippen LogP contribution < -0.4 is 21.7 Å². The molecule has 3 atom stereocenters. The number of hydrogen-bond donors (Lipinski definition) is 5. The molecular weight excluding hydrogens is 929 g/mol. The van der Waals surface area contributed by atoms with Gasteiger partial charge in [-0.1, -0.05) is 19.3 Å². The third kappa shape index (κ3) is 32.0. The van der Waals surface area contributed by atoms with Crippen molar-refractivity contribution in [3.8, 4) is 0 Å². The van der Waals surface area contributed by atoms with Crippen LogP contribution in [0.3, 0.4) is 0 Å². The number of nitrogens with one attached hydrogen (secondary N) is 3. The number of nitrogens with zero attached hydrogens (tertiary/aromatic N) is 2. The highest BCUT2D eigenvalue weighted by molar-refractivity contribution is 5.87. The number of rotatable bonds is 28. The van der Waals surface area contributed by atoms with Crippen molar-refractivity contribution in [2.75, 3.05) is 45.9 Å². The molecule has 5 amide bonds. The molecule has 72 heavy (non-hydrogen) atoms. The third-order valence-corrected chi connectivity index (χ3v) is 10.4. The smallest absolute Gasteiger partial charge is 0.411 e. The number of alkyl carbamates (subject to hydrolysis) is 3. The van der Waals surface area contributed by atoms with Crippen molar-refractivity contribution in [2.45, 2.75) is 253 Å². The summed E-state index contributed by atoms with van der Waals surface area (Å²) in [6.45, 7) is 32.4. The maximum Gasteiger partial charge on any atom is 0.411 e. The van der Waals surface area contributed by atoms with Gasteiger partial charge in [-0.25, -0.2) is 28.8 Å². The van der Waals surface area contributed by atoms with Gasteiger partial charge in [-0.15, -0.1) is 0 Å². The van der Waals surface area contributed by atoms with E-state index in [2.05, 4.69) is 16.0 Å². The standard InChI is InChI=1S/C53H102N6O13/c1-47(2,3)67-41(61)53(31-22-23-32-54,59(46(66)72-52(16,17)18)36-27-34-56-43(63)69-49(7,8)9)39(28-21-19-20-24-37-60)38-58(45(65)71-51(13,14)15)35-26-30-40(57-44(64)70-50(10,11)12)29-25-33-55-42(62)68-48(4,5)6/h39-40,60H,19-38,54H2,1-18H3,(H,55,62)(H,56,63)(H,57,64). The fraction of sp³-hybridized carbons (Fsp3) is 0.887. The number of nitrogens with two attached hydrogens (primary N) is 1. The SMILES string of the molecule is CC(C)(C)OC(=O)NCCCC(CCCN(CC(CCCCCCO)C(CCCCN)(C(=O)OC(C)(C)C)N(CCCNC(=O)OC(C)(C)C)C(=O)OC(C)(C)C)C(=O)OC(C)(C)C)NC(=O)OC(C)(C)C. The quantitative estimate of drug-likeness (QED) is 0.0278. The van der Waals surface area contributed by atoms with Crippen LogP contribution in [0.15, 0.2) is 0 Å². The molecule has 0 heterocycles. The Labute approximate surface area is 434 Å². The second-order valence-corrected chi connectivity index (χ2v) is 24.7. The molecule has 0 aromatic heterocycles. The molecule has 19 nitrogen and oxygen atoms in total. The van der Waals surface area contributed by atoms with Crippen molar-refractivity contribution >= 4 is 36.4 Å². The summed E-state index contributed by atoms with van der Waals surface area (Å²) in [5.41, 5.74) is -0.749. The van der Waals surface area contributed by atoms with Gasteiger partial charge in [-0.05, 0) is 195 Å². The minimum Gasteiger partial charge on any atom is -0.458 e. The number of hydrogen-bond acceptors (Lipinski definition) is 14. The zero-order chi connectivity index (χ0) is 55.8. The van der Waals surface area contributed by atoms with Crippen molar-refractivity contribution in [1.82, 2.24) is 25.8 Å². The van der Waals surface area contributed by atoms with Crippen LogP contribution in [0.4, 0.5) is 24.0 Å². The lowest BCUT2D eigenvalue weighted by atomic mass is 9.74. The number of carbonyl (C=O) groups excluding carboxylic acids is 6. The van der Waals surface area contributed by atoms with Crippen LogP contribution in [0.5, 0.6) is 0 Å². The van der Waals surface area contributed by atoms with E-state index in [9.17, 15) is 29.1 Å². The highest BCUT2D eigenvalue weighted by Crippen LogP contribution is 2.40. The van der Waals surface area contributed by atoms with Crippen LogP contribution in [-0.2, 0) is 33.2 Å². The van der Waals surface area contributed by atoms with E-state index in [1.54, 1.807) is 130 Å². The Bertz CT molecular complexity index is 1640. The number of esters is 1. The van der Waals surface area contributed by atoms with Crippen LogP contribution in [-0.4, -0.2) is 142 Å². The number of aliphatic hydroxyl groups is 1. The molecule has 0 saturated heterocycles. The summed E-state index contributed by atoms with van der Waals surface area (Å²) in [5.74, 6) is -1.46. The van der Waals surface area contributed by atoms with Gasteiger partial charge < -0.3 is 60.1 Å². The third-order valence-electron chi connectivity index (χ3n) is 10.4. The second-order valence-electron chi connectivity index (χ2n) is 24.7. The highest BCUT2D eigenvalue weighted by Gasteiger charge is 2.55. The molecule has 0 saturated carbocycles. The lowest BCUT2D eigenvalue weighted by molar-refractivity contribution is -0.176. The summed E-state index contributed by atoms with van der Waals surface area (Å²) >= 11 is 0. The molecule has 6 N–H and O–H groups in total. The number of ether oxygens (including phenoxy) is 6. The molecule has 422 valence electrons. The Morgan fingerprint density at radius 3 is 1.43 bits per heavy atom. The predicted molar refractivity (Wildman–Crippen MR) is 281 cm³/mol. The normalized spacial score (nSPS) is 14.2. The monoisotopic (exact) mass is 1030 g/mol. The van der Waals surface area contributed by atoms with Crippen LogP contribution in [0.2, 0.25) is 0 Å². The van der Waals surface area contributed by atoms with E-state index in [1.807, 2.05) is 0 Å².